The van der Waals surface area contributed by atoms with E-state index in [-0.39, 0.29) is 30.1 Å². The maximum atomic E-state index is 12.9. The Morgan fingerprint density at radius 3 is 2.84 bits per heavy atom. The zero-order chi connectivity index (χ0) is 18.0. The molecule has 0 unspecified atom stereocenters. The molecule has 1 aromatic heterocycles. The molecule has 3 rings (SSSR count). The van der Waals surface area contributed by atoms with Gasteiger partial charge in [-0.25, -0.2) is 4.98 Å². The van der Waals surface area contributed by atoms with Gasteiger partial charge >= 0.3 is 6.55 Å². The van der Waals surface area contributed by atoms with E-state index in [0.29, 0.717) is 11.3 Å². The molecule has 2 amide bonds. The third-order valence-corrected chi connectivity index (χ3v) is 4.01. The number of aromatic nitrogens is 2. The van der Waals surface area contributed by atoms with Gasteiger partial charge < -0.3 is 10.2 Å². The number of amides is 2. The van der Waals surface area contributed by atoms with Crippen LogP contribution >= 0.6 is 0 Å². The maximum absolute atomic E-state index is 12.9. The van der Waals surface area contributed by atoms with Gasteiger partial charge in [0.05, 0.1) is 6.54 Å². The normalized spacial score (nSPS) is 13.8. The Morgan fingerprint density at radius 1 is 1.40 bits per heavy atom. The number of hydrogen-bond acceptors (Lipinski definition) is 3. The summed E-state index contributed by atoms with van der Waals surface area (Å²) in [5.74, 6) is -0.220. The zero-order valence-corrected chi connectivity index (χ0v) is 13.7. The summed E-state index contributed by atoms with van der Waals surface area (Å²) in [7, 11) is 1.52. The molecule has 2 aromatic rings. The van der Waals surface area contributed by atoms with Crippen LogP contribution in [0.2, 0.25) is 0 Å². The molecule has 1 aliphatic carbocycles. The SMILES string of the molecule is CN(Cc1nccn1C(F)F)C(=O)c1cccc(NC(=O)C2CC2)c1. The number of halogens is 2. The molecule has 1 heterocycles. The van der Waals surface area contributed by atoms with E-state index in [9.17, 15) is 18.4 Å². The third-order valence-electron chi connectivity index (χ3n) is 4.01. The zero-order valence-electron chi connectivity index (χ0n) is 13.7. The lowest BCUT2D eigenvalue weighted by atomic mass is 10.1. The van der Waals surface area contributed by atoms with Crippen molar-refractivity contribution in [3.8, 4) is 0 Å². The van der Waals surface area contributed by atoms with E-state index in [1.165, 1.54) is 24.3 Å². The second-order valence-corrected chi connectivity index (χ2v) is 6.03. The average molecular weight is 348 g/mol. The van der Waals surface area contributed by atoms with Crippen molar-refractivity contribution in [2.24, 2.45) is 5.92 Å². The fourth-order valence-corrected chi connectivity index (χ4v) is 2.47. The van der Waals surface area contributed by atoms with Crippen LogP contribution in [0, 0.1) is 5.92 Å². The summed E-state index contributed by atoms with van der Waals surface area (Å²) in [6.45, 7) is -2.75. The molecule has 6 nitrogen and oxygen atoms in total. The van der Waals surface area contributed by atoms with Crippen LogP contribution in [0.3, 0.4) is 0 Å². The van der Waals surface area contributed by atoms with Gasteiger partial charge in [0.2, 0.25) is 5.91 Å². The van der Waals surface area contributed by atoms with Crippen molar-refractivity contribution in [2.75, 3.05) is 12.4 Å². The molecule has 0 bridgehead atoms. The molecular weight excluding hydrogens is 330 g/mol. The summed E-state index contributed by atoms with van der Waals surface area (Å²) < 4.78 is 26.4. The monoisotopic (exact) mass is 348 g/mol. The first kappa shape index (κ1) is 17.1. The lowest BCUT2D eigenvalue weighted by molar-refractivity contribution is -0.117. The number of rotatable bonds is 6. The van der Waals surface area contributed by atoms with Gasteiger partial charge in [-0.2, -0.15) is 8.78 Å². The first-order chi connectivity index (χ1) is 12.0. The number of carbonyl (C=O) groups is 2. The molecule has 0 atom stereocenters. The number of anilines is 1. The van der Waals surface area contributed by atoms with Gasteiger partial charge in [-0.3, -0.25) is 14.2 Å². The summed E-state index contributed by atoms with van der Waals surface area (Å²) in [5, 5.41) is 2.78. The summed E-state index contributed by atoms with van der Waals surface area (Å²) >= 11 is 0. The maximum Gasteiger partial charge on any atom is 0.319 e. The molecule has 1 N–H and O–H groups in total. The predicted octanol–water partition coefficient (Wildman–Crippen LogP) is 2.90. The molecule has 1 saturated carbocycles. The van der Waals surface area contributed by atoms with Crippen molar-refractivity contribution < 1.29 is 18.4 Å². The van der Waals surface area contributed by atoms with Crippen molar-refractivity contribution >= 4 is 17.5 Å². The first-order valence-corrected chi connectivity index (χ1v) is 7.92. The van der Waals surface area contributed by atoms with Crippen LogP contribution in [-0.2, 0) is 11.3 Å². The number of hydrogen-bond donors (Lipinski definition) is 1. The fourth-order valence-electron chi connectivity index (χ4n) is 2.47. The molecule has 132 valence electrons. The van der Waals surface area contributed by atoms with Gasteiger partial charge in [-0.1, -0.05) is 6.07 Å². The number of carbonyl (C=O) groups excluding carboxylic acids is 2. The van der Waals surface area contributed by atoms with E-state index < -0.39 is 6.55 Å². The molecule has 8 heteroatoms. The standard InChI is InChI=1S/C17H18F2N4O2/c1-22(10-14-20-7-8-23(14)17(18)19)16(25)12-3-2-4-13(9-12)21-15(24)11-5-6-11/h2-4,7-9,11,17H,5-6,10H2,1H3,(H,21,24). The molecule has 25 heavy (non-hydrogen) atoms. The van der Waals surface area contributed by atoms with E-state index >= 15 is 0 Å². The largest absolute Gasteiger partial charge is 0.334 e. The number of imidazole rings is 1. The predicted molar refractivity (Wildman–Crippen MR) is 87.1 cm³/mol. The molecule has 1 aliphatic rings. The molecule has 1 aromatic carbocycles. The van der Waals surface area contributed by atoms with Crippen LogP contribution in [0.25, 0.3) is 0 Å². The van der Waals surface area contributed by atoms with Crippen LogP contribution in [0.5, 0.6) is 0 Å². The van der Waals surface area contributed by atoms with E-state index in [1.54, 1.807) is 24.3 Å². The van der Waals surface area contributed by atoms with Crippen molar-refractivity contribution in [1.29, 1.82) is 0 Å². The minimum Gasteiger partial charge on any atom is -0.334 e. The second kappa shape index (κ2) is 7.00. The number of alkyl halides is 2. The average Bonchev–Trinajstić information content (AvgIpc) is 3.34. The number of benzene rings is 1. The smallest absolute Gasteiger partial charge is 0.319 e. The Morgan fingerprint density at radius 2 is 2.16 bits per heavy atom. The van der Waals surface area contributed by atoms with Gasteiger partial charge in [-0.05, 0) is 31.0 Å². The lowest BCUT2D eigenvalue weighted by Crippen LogP contribution is -2.28. The van der Waals surface area contributed by atoms with Crippen LogP contribution < -0.4 is 5.32 Å². The number of nitrogens with one attached hydrogen (secondary N) is 1. The summed E-state index contributed by atoms with van der Waals surface area (Å²) in [4.78, 5) is 29.5. The Bertz CT molecular complexity index is 786. The molecule has 0 aliphatic heterocycles. The quantitative estimate of drug-likeness (QED) is 0.873. The first-order valence-electron chi connectivity index (χ1n) is 7.92. The minimum atomic E-state index is -2.71. The van der Waals surface area contributed by atoms with Crippen molar-refractivity contribution in [1.82, 2.24) is 14.5 Å². The van der Waals surface area contributed by atoms with Crippen LogP contribution in [0.1, 0.15) is 35.6 Å². The highest BCUT2D eigenvalue weighted by Gasteiger charge is 2.29. The highest BCUT2D eigenvalue weighted by atomic mass is 19.3. The van der Waals surface area contributed by atoms with Crippen LogP contribution in [0.15, 0.2) is 36.7 Å². The van der Waals surface area contributed by atoms with Gasteiger partial charge in [0, 0.05) is 36.6 Å². The molecule has 0 spiro atoms. The van der Waals surface area contributed by atoms with Gasteiger partial charge in [0.1, 0.15) is 5.82 Å². The van der Waals surface area contributed by atoms with Crippen LogP contribution in [0.4, 0.5) is 14.5 Å². The Kier molecular flexibility index (Phi) is 4.78. The summed E-state index contributed by atoms with van der Waals surface area (Å²) in [6, 6.07) is 6.58. The van der Waals surface area contributed by atoms with Gasteiger partial charge in [0.15, 0.2) is 0 Å². The highest BCUT2D eigenvalue weighted by Crippen LogP contribution is 2.30. The van der Waals surface area contributed by atoms with Crippen molar-refractivity contribution in [3.63, 3.8) is 0 Å². The summed E-state index contributed by atoms with van der Waals surface area (Å²) in [5.41, 5.74) is 0.913. The van der Waals surface area contributed by atoms with E-state index in [4.69, 9.17) is 0 Å². The highest BCUT2D eigenvalue weighted by molar-refractivity contribution is 5.98. The minimum absolute atomic E-state index is 0.0445. The summed E-state index contributed by atoms with van der Waals surface area (Å²) in [6.07, 6.45) is 4.23. The Labute approximate surface area is 143 Å². The van der Waals surface area contributed by atoms with Crippen molar-refractivity contribution in [2.45, 2.75) is 25.9 Å². The fraction of sp³-hybridized carbons (Fsp3) is 0.353. The molecular formula is C17H18F2N4O2. The van der Waals surface area contributed by atoms with E-state index in [2.05, 4.69) is 10.3 Å². The third kappa shape index (κ3) is 4.01. The number of nitrogens with zero attached hydrogens (tertiary/aromatic N) is 3. The van der Waals surface area contributed by atoms with Crippen molar-refractivity contribution in [3.05, 3.63) is 48.0 Å². The molecule has 1 fully saturated rings. The molecule has 0 radical (unpaired) electrons. The Balaban J connectivity index is 1.69. The van der Waals surface area contributed by atoms with E-state index in [0.717, 1.165) is 17.4 Å². The lowest BCUT2D eigenvalue weighted by Gasteiger charge is -2.18. The van der Waals surface area contributed by atoms with E-state index in [1.807, 2.05) is 0 Å². The second-order valence-electron chi connectivity index (χ2n) is 6.03. The Hall–Kier alpha value is -2.77. The van der Waals surface area contributed by atoms with Crippen LogP contribution in [-0.4, -0.2) is 33.3 Å². The molecule has 0 saturated heterocycles. The van der Waals surface area contributed by atoms with Gasteiger partial charge in [0.25, 0.3) is 5.91 Å². The topological polar surface area (TPSA) is 67.2 Å². The van der Waals surface area contributed by atoms with Gasteiger partial charge in [-0.15, -0.1) is 0 Å².